The first-order chi connectivity index (χ1) is 11.8. The van der Waals surface area contributed by atoms with Crippen LogP contribution in [0.2, 0.25) is 0 Å². The average Bonchev–Trinajstić information content (AvgIpc) is 3.14. The summed E-state index contributed by atoms with van der Waals surface area (Å²) in [5, 5.41) is 16.6. The zero-order valence-corrected chi connectivity index (χ0v) is 18.5. The first-order valence-corrected chi connectivity index (χ1v) is 10.5. The molecule has 0 spiro atoms. The van der Waals surface area contributed by atoms with E-state index in [0.717, 1.165) is 43.0 Å². The predicted molar refractivity (Wildman–Crippen MR) is 116 cm³/mol. The summed E-state index contributed by atoms with van der Waals surface area (Å²) in [7, 11) is 1.85. The van der Waals surface area contributed by atoms with E-state index >= 15 is 0 Å². The number of hydrogen-bond donors (Lipinski definition) is 2. The highest BCUT2D eigenvalue weighted by molar-refractivity contribution is 14.0. The Morgan fingerprint density at radius 1 is 1.28 bits per heavy atom. The van der Waals surface area contributed by atoms with E-state index in [2.05, 4.69) is 36.6 Å². The van der Waals surface area contributed by atoms with Crippen molar-refractivity contribution in [2.45, 2.75) is 69.2 Å². The van der Waals surface area contributed by atoms with Crippen molar-refractivity contribution < 1.29 is 0 Å². The molecule has 1 aliphatic carbocycles. The Labute approximate surface area is 172 Å². The van der Waals surface area contributed by atoms with Gasteiger partial charge in [-0.25, -0.2) is 0 Å². The van der Waals surface area contributed by atoms with E-state index in [4.69, 9.17) is 0 Å². The Kier molecular flexibility index (Phi) is 8.81. The summed E-state index contributed by atoms with van der Waals surface area (Å²) >= 11 is 1.98. The summed E-state index contributed by atoms with van der Waals surface area (Å²) < 4.78 is 2.32. The van der Waals surface area contributed by atoms with Crippen molar-refractivity contribution in [3.8, 4) is 0 Å². The van der Waals surface area contributed by atoms with Crippen molar-refractivity contribution >= 4 is 41.7 Å². The van der Waals surface area contributed by atoms with E-state index in [1.165, 1.54) is 44.3 Å². The van der Waals surface area contributed by atoms with Crippen molar-refractivity contribution in [1.29, 1.82) is 0 Å². The molecule has 2 heterocycles. The Balaban J connectivity index is 0.00000225. The normalized spacial score (nSPS) is 23.5. The SMILES string of the molecule is CN=C(NCCc1nnc2n1CCCCC2)NC1CCC(SC)C1.I. The van der Waals surface area contributed by atoms with Crippen LogP contribution in [0.4, 0.5) is 0 Å². The van der Waals surface area contributed by atoms with Gasteiger partial charge >= 0.3 is 0 Å². The topological polar surface area (TPSA) is 67.1 Å². The fourth-order valence-electron chi connectivity index (χ4n) is 3.70. The number of halogens is 1. The van der Waals surface area contributed by atoms with E-state index in [0.29, 0.717) is 6.04 Å². The largest absolute Gasteiger partial charge is 0.356 e. The lowest BCUT2D eigenvalue weighted by Gasteiger charge is -2.17. The third kappa shape index (κ3) is 5.74. The van der Waals surface area contributed by atoms with Gasteiger partial charge in [-0.3, -0.25) is 4.99 Å². The van der Waals surface area contributed by atoms with Crippen LogP contribution >= 0.6 is 35.7 Å². The van der Waals surface area contributed by atoms with Gasteiger partial charge in [-0.1, -0.05) is 6.42 Å². The number of hydrogen-bond acceptors (Lipinski definition) is 4. The zero-order valence-electron chi connectivity index (χ0n) is 15.3. The van der Waals surface area contributed by atoms with Crippen LogP contribution in [0.3, 0.4) is 0 Å². The molecule has 1 aromatic heterocycles. The minimum absolute atomic E-state index is 0. The highest BCUT2D eigenvalue weighted by atomic mass is 127. The molecule has 2 N–H and O–H groups in total. The second-order valence-corrected chi connectivity index (χ2v) is 7.89. The van der Waals surface area contributed by atoms with Gasteiger partial charge in [-0.2, -0.15) is 11.8 Å². The summed E-state index contributed by atoms with van der Waals surface area (Å²) in [6.07, 6.45) is 11.7. The van der Waals surface area contributed by atoms with Gasteiger partial charge in [-0.05, 0) is 38.4 Å². The number of nitrogens with one attached hydrogen (secondary N) is 2. The van der Waals surface area contributed by atoms with E-state index in [-0.39, 0.29) is 24.0 Å². The van der Waals surface area contributed by atoms with Crippen molar-refractivity contribution in [2.24, 2.45) is 4.99 Å². The Morgan fingerprint density at radius 3 is 2.92 bits per heavy atom. The van der Waals surface area contributed by atoms with Crippen molar-refractivity contribution in [2.75, 3.05) is 19.8 Å². The summed E-state index contributed by atoms with van der Waals surface area (Å²) in [6, 6.07) is 0.554. The number of thioether (sulfide) groups is 1. The maximum absolute atomic E-state index is 4.40. The van der Waals surface area contributed by atoms with Crippen LogP contribution in [-0.2, 0) is 19.4 Å². The fraction of sp³-hybridized carbons (Fsp3) is 0.824. The molecule has 1 fully saturated rings. The van der Waals surface area contributed by atoms with Gasteiger partial charge < -0.3 is 15.2 Å². The van der Waals surface area contributed by atoms with E-state index in [9.17, 15) is 0 Å². The van der Waals surface area contributed by atoms with Crippen LogP contribution in [0.25, 0.3) is 0 Å². The number of rotatable bonds is 5. The second kappa shape index (κ2) is 10.6. The maximum Gasteiger partial charge on any atom is 0.191 e. The average molecular weight is 478 g/mol. The minimum Gasteiger partial charge on any atom is -0.356 e. The van der Waals surface area contributed by atoms with E-state index in [1.807, 2.05) is 18.8 Å². The third-order valence-electron chi connectivity index (χ3n) is 5.11. The van der Waals surface area contributed by atoms with Crippen LogP contribution in [0.1, 0.15) is 50.2 Å². The lowest BCUT2D eigenvalue weighted by Crippen LogP contribution is -2.43. The first-order valence-electron chi connectivity index (χ1n) is 9.21. The molecule has 0 bridgehead atoms. The lowest BCUT2D eigenvalue weighted by molar-refractivity contribution is 0.593. The molecule has 0 radical (unpaired) electrons. The molecule has 25 heavy (non-hydrogen) atoms. The number of guanidine groups is 1. The van der Waals surface area contributed by atoms with Gasteiger partial charge in [0.05, 0.1) is 0 Å². The molecule has 1 aromatic rings. The predicted octanol–water partition coefficient (Wildman–Crippen LogP) is 2.61. The molecule has 0 aromatic carbocycles. The van der Waals surface area contributed by atoms with Gasteiger partial charge in [0.25, 0.3) is 0 Å². The lowest BCUT2D eigenvalue weighted by atomic mass is 10.2. The summed E-state index contributed by atoms with van der Waals surface area (Å²) in [5.74, 6) is 3.19. The molecule has 2 atom stereocenters. The van der Waals surface area contributed by atoms with Crippen molar-refractivity contribution in [3.05, 3.63) is 11.6 Å². The smallest absolute Gasteiger partial charge is 0.191 e. The third-order valence-corrected chi connectivity index (χ3v) is 6.20. The van der Waals surface area contributed by atoms with Crippen molar-refractivity contribution in [1.82, 2.24) is 25.4 Å². The number of nitrogens with zero attached hydrogens (tertiary/aromatic N) is 4. The van der Waals surface area contributed by atoms with Gasteiger partial charge in [0.1, 0.15) is 11.6 Å². The zero-order chi connectivity index (χ0) is 16.8. The van der Waals surface area contributed by atoms with Crippen molar-refractivity contribution in [3.63, 3.8) is 0 Å². The Morgan fingerprint density at radius 2 is 2.16 bits per heavy atom. The highest BCUT2D eigenvalue weighted by Crippen LogP contribution is 2.28. The Hall–Kier alpha value is -0.510. The van der Waals surface area contributed by atoms with E-state index < -0.39 is 0 Å². The quantitative estimate of drug-likeness (QED) is 0.387. The molecule has 1 aliphatic heterocycles. The standard InChI is InChI=1S/C17H30N6S.HI/c1-18-17(20-13-7-8-14(12-13)24-2)19-10-9-16-22-21-15-6-4-3-5-11-23(15)16;/h13-14H,3-12H2,1-2H3,(H2,18,19,20);1H. The van der Waals surface area contributed by atoms with Crippen LogP contribution in [0, 0.1) is 0 Å². The number of fused-ring (bicyclic) bond motifs is 1. The van der Waals surface area contributed by atoms with Crippen LogP contribution in [0.5, 0.6) is 0 Å². The molecular formula is C17H31IN6S. The molecule has 1 saturated carbocycles. The Bertz CT molecular complexity index is 561. The highest BCUT2D eigenvalue weighted by Gasteiger charge is 2.24. The molecule has 0 amide bonds. The maximum atomic E-state index is 4.40. The van der Waals surface area contributed by atoms with Crippen LogP contribution < -0.4 is 10.6 Å². The minimum atomic E-state index is 0. The van der Waals surface area contributed by atoms with Crippen LogP contribution in [-0.4, -0.2) is 51.9 Å². The van der Waals surface area contributed by atoms with Crippen LogP contribution in [0.15, 0.2) is 4.99 Å². The molecule has 0 saturated heterocycles. The molecule has 2 aliphatic rings. The fourth-order valence-corrected chi connectivity index (χ4v) is 4.49. The molecule has 3 rings (SSSR count). The van der Waals surface area contributed by atoms with Gasteiger partial charge in [0, 0.05) is 44.3 Å². The molecule has 8 heteroatoms. The monoisotopic (exact) mass is 478 g/mol. The number of aromatic nitrogens is 3. The van der Waals surface area contributed by atoms with Gasteiger partial charge in [0.15, 0.2) is 5.96 Å². The molecule has 6 nitrogen and oxygen atoms in total. The first kappa shape index (κ1) is 20.8. The second-order valence-electron chi connectivity index (χ2n) is 6.76. The molecule has 142 valence electrons. The molecular weight excluding hydrogens is 447 g/mol. The number of aliphatic imine (C=N–C) groups is 1. The summed E-state index contributed by atoms with van der Waals surface area (Å²) in [6.45, 7) is 1.92. The van der Waals surface area contributed by atoms with E-state index in [1.54, 1.807) is 0 Å². The number of aryl methyl sites for hydroxylation is 1. The van der Waals surface area contributed by atoms with Gasteiger partial charge in [-0.15, -0.1) is 34.2 Å². The molecule has 2 unspecified atom stereocenters. The van der Waals surface area contributed by atoms with Gasteiger partial charge in [0.2, 0.25) is 0 Å². The summed E-state index contributed by atoms with van der Waals surface area (Å²) in [5.41, 5.74) is 0. The summed E-state index contributed by atoms with van der Waals surface area (Å²) in [4.78, 5) is 4.37.